The molecule has 0 saturated heterocycles. The Bertz CT molecular complexity index is 590. The Morgan fingerprint density at radius 1 is 1.48 bits per heavy atom. The van der Waals surface area contributed by atoms with Gasteiger partial charge in [0.05, 0.1) is 0 Å². The fourth-order valence-electron chi connectivity index (χ4n) is 2.25. The Morgan fingerprint density at radius 3 is 2.76 bits per heavy atom. The van der Waals surface area contributed by atoms with Gasteiger partial charge in [0.1, 0.15) is 10.7 Å². The molecule has 1 heterocycles. The molecule has 0 atom stereocenters. The molecule has 0 bridgehead atoms. The van der Waals surface area contributed by atoms with Crippen molar-refractivity contribution in [3.63, 3.8) is 0 Å². The highest BCUT2D eigenvalue weighted by Crippen LogP contribution is 2.26. The number of anilines is 1. The van der Waals surface area contributed by atoms with Crippen molar-refractivity contribution in [1.82, 2.24) is 14.6 Å². The average molecular weight is 377 g/mol. The second-order valence-corrected chi connectivity index (χ2v) is 7.66. The molecule has 0 radical (unpaired) electrons. The van der Waals surface area contributed by atoms with Crippen molar-refractivity contribution in [3.8, 4) is 0 Å². The first kappa shape index (κ1) is 16.7. The zero-order chi connectivity index (χ0) is 15.5. The molecule has 1 saturated carbocycles. The van der Waals surface area contributed by atoms with Gasteiger partial charge in [-0.1, -0.05) is 6.92 Å². The average Bonchev–Trinajstić information content (AvgIpc) is 3.28. The second kappa shape index (κ2) is 7.04. The van der Waals surface area contributed by atoms with Crippen molar-refractivity contribution in [3.05, 3.63) is 16.7 Å². The van der Waals surface area contributed by atoms with Crippen LogP contribution >= 0.6 is 15.9 Å². The molecule has 1 aromatic heterocycles. The van der Waals surface area contributed by atoms with Crippen LogP contribution in [0.1, 0.15) is 19.8 Å². The summed E-state index contributed by atoms with van der Waals surface area (Å²) >= 11 is 3.26. The maximum atomic E-state index is 12.4. The van der Waals surface area contributed by atoms with E-state index in [1.807, 2.05) is 0 Å². The monoisotopic (exact) mass is 376 g/mol. The van der Waals surface area contributed by atoms with Crippen LogP contribution in [0.2, 0.25) is 0 Å². The standard InChI is InChI=1S/C13H21BrN4O2S/c1-3-18(11-4-5-11)7-6-17-21(19,20)12-8-10(14)9-16-13(12)15-2/h8-9,11,17H,3-7H2,1-2H3,(H,15,16). The highest BCUT2D eigenvalue weighted by Gasteiger charge is 2.28. The van der Waals surface area contributed by atoms with Gasteiger partial charge in [-0.25, -0.2) is 18.1 Å². The van der Waals surface area contributed by atoms with Crippen LogP contribution in [0.15, 0.2) is 21.6 Å². The van der Waals surface area contributed by atoms with Gasteiger partial charge in [-0.05, 0) is 41.4 Å². The smallest absolute Gasteiger partial charge is 0.244 e. The molecular weight excluding hydrogens is 356 g/mol. The Morgan fingerprint density at radius 2 is 2.19 bits per heavy atom. The Labute approximate surface area is 134 Å². The summed E-state index contributed by atoms with van der Waals surface area (Å²) in [5.74, 6) is 0.347. The van der Waals surface area contributed by atoms with Gasteiger partial charge in [-0.15, -0.1) is 0 Å². The summed E-state index contributed by atoms with van der Waals surface area (Å²) in [4.78, 5) is 6.54. The third kappa shape index (κ3) is 4.38. The normalized spacial score (nSPS) is 15.4. The molecule has 118 valence electrons. The lowest BCUT2D eigenvalue weighted by Crippen LogP contribution is -2.36. The first-order chi connectivity index (χ1) is 9.97. The number of pyridine rings is 1. The van der Waals surface area contributed by atoms with E-state index in [4.69, 9.17) is 0 Å². The molecule has 0 aromatic carbocycles. The van der Waals surface area contributed by atoms with E-state index in [2.05, 4.69) is 42.8 Å². The van der Waals surface area contributed by atoms with Crippen LogP contribution in [0.4, 0.5) is 5.82 Å². The van der Waals surface area contributed by atoms with Crippen LogP contribution in [0.3, 0.4) is 0 Å². The number of rotatable bonds is 8. The van der Waals surface area contributed by atoms with Crippen molar-refractivity contribution < 1.29 is 8.42 Å². The van der Waals surface area contributed by atoms with Gasteiger partial charge in [0, 0.05) is 36.8 Å². The van der Waals surface area contributed by atoms with E-state index in [0.29, 0.717) is 22.9 Å². The number of aromatic nitrogens is 1. The van der Waals surface area contributed by atoms with Crippen molar-refractivity contribution in [1.29, 1.82) is 0 Å². The van der Waals surface area contributed by atoms with Crippen LogP contribution in [-0.2, 0) is 10.0 Å². The quantitative estimate of drug-likeness (QED) is 0.721. The molecule has 1 aliphatic rings. The van der Waals surface area contributed by atoms with Crippen molar-refractivity contribution in [2.75, 3.05) is 32.0 Å². The lowest BCUT2D eigenvalue weighted by atomic mass is 10.4. The number of sulfonamides is 1. The van der Waals surface area contributed by atoms with Gasteiger partial charge >= 0.3 is 0 Å². The fraction of sp³-hybridized carbons (Fsp3) is 0.615. The Kier molecular flexibility index (Phi) is 5.59. The van der Waals surface area contributed by atoms with E-state index in [0.717, 1.165) is 13.1 Å². The van der Waals surface area contributed by atoms with Gasteiger partial charge in [-0.3, -0.25) is 4.90 Å². The summed E-state index contributed by atoms with van der Waals surface area (Å²) in [6.07, 6.45) is 4.01. The number of nitrogens with one attached hydrogen (secondary N) is 2. The number of hydrogen-bond donors (Lipinski definition) is 2. The van der Waals surface area contributed by atoms with Crippen molar-refractivity contribution in [2.24, 2.45) is 0 Å². The molecule has 0 unspecified atom stereocenters. The van der Waals surface area contributed by atoms with Crippen molar-refractivity contribution in [2.45, 2.75) is 30.7 Å². The Hall–Kier alpha value is -0.700. The van der Waals surface area contributed by atoms with Crippen LogP contribution in [0, 0.1) is 0 Å². The van der Waals surface area contributed by atoms with E-state index < -0.39 is 10.0 Å². The first-order valence-electron chi connectivity index (χ1n) is 7.05. The maximum absolute atomic E-state index is 12.4. The van der Waals surface area contributed by atoms with Gasteiger partial charge in [-0.2, -0.15) is 0 Å². The van der Waals surface area contributed by atoms with Crippen LogP contribution in [-0.4, -0.2) is 51.0 Å². The molecule has 2 N–H and O–H groups in total. The van der Waals surface area contributed by atoms with Crippen LogP contribution < -0.4 is 10.0 Å². The summed E-state index contributed by atoms with van der Waals surface area (Å²) in [7, 11) is -1.91. The van der Waals surface area contributed by atoms with Crippen molar-refractivity contribution >= 4 is 31.8 Å². The first-order valence-corrected chi connectivity index (χ1v) is 9.32. The van der Waals surface area contributed by atoms with Gasteiger partial charge < -0.3 is 5.32 Å². The zero-order valence-corrected chi connectivity index (χ0v) is 14.7. The third-order valence-electron chi connectivity index (χ3n) is 3.51. The lowest BCUT2D eigenvalue weighted by Gasteiger charge is -2.20. The minimum atomic E-state index is -3.57. The molecule has 21 heavy (non-hydrogen) atoms. The summed E-state index contributed by atoms with van der Waals surface area (Å²) in [5, 5.41) is 2.81. The molecule has 1 fully saturated rings. The Balaban J connectivity index is 2.02. The lowest BCUT2D eigenvalue weighted by molar-refractivity contribution is 0.282. The number of hydrogen-bond acceptors (Lipinski definition) is 5. The number of halogens is 1. The van der Waals surface area contributed by atoms with Gasteiger partial charge in [0.15, 0.2) is 0 Å². The highest BCUT2D eigenvalue weighted by atomic mass is 79.9. The van der Waals surface area contributed by atoms with Crippen LogP contribution in [0.5, 0.6) is 0 Å². The minimum Gasteiger partial charge on any atom is -0.372 e. The predicted octanol–water partition coefficient (Wildman–Crippen LogP) is 1.65. The summed E-state index contributed by atoms with van der Waals surface area (Å²) < 4.78 is 28.1. The van der Waals surface area contributed by atoms with E-state index >= 15 is 0 Å². The third-order valence-corrected chi connectivity index (χ3v) is 5.41. The van der Waals surface area contributed by atoms with E-state index in [1.54, 1.807) is 19.3 Å². The summed E-state index contributed by atoms with van der Waals surface area (Å²) in [5.41, 5.74) is 0. The summed E-state index contributed by atoms with van der Waals surface area (Å²) in [6, 6.07) is 2.19. The largest absolute Gasteiger partial charge is 0.372 e. The van der Waals surface area contributed by atoms with Gasteiger partial charge in [0.25, 0.3) is 0 Å². The molecule has 0 aliphatic heterocycles. The topological polar surface area (TPSA) is 74.3 Å². The summed E-state index contributed by atoms with van der Waals surface area (Å²) in [6.45, 7) is 4.19. The minimum absolute atomic E-state index is 0.161. The molecule has 1 aliphatic carbocycles. The van der Waals surface area contributed by atoms with Crippen LogP contribution in [0.25, 0.3) is 0 Å². The number of nitrogens with zero attached hydrogens (tertiary/aromatic N) is 2. The molecule has 2 rings (SSSR count). The highest BCUT2D eigenvalue weighted by molar-refractivity contribution is 9.10. The molecule has 0 amide bonds. The predicted molar refractivity (Wildman–Crippen MR) is 86.9 cm³/mol. The molecule has 0 spiro atoms. The molecule has 6 nitrogen and oxygen atoms in total. The van der Waals surface area contributed by atoms with Gasteiger partial charge in [0.2, 0.25) is 10.0 Å². The molecular formula is C13H21BrN4O2S. The second-order valence-electron chi connectivity index (χ2n) is 5.01. The van der Waals surface area contributed by atoms with E-state index in [-0.39, 0.29) is 4.90 Å². The molecule has 1 aromatic rings. The number of likely N-dealkylation sites (N-methyl/N-ethyl adjacent to an activating group) is 1. The SMILES string of the molecule is CCN(CCNS(=O)(=O)c1cc(Br)cnc1NC)C1CC1. The zero-order valence-electron chi connectivity index (χ0n) is 12.3. The van der Waals surface area contributed by atoms with E-state index in [1.165, 1.54) is 12.8 Å². The maximum Gasteiger partial charge on any atom is 0.244 e. The fourth-order valence-corrected chi connectivity index (χ4v) is 3.94. The van der Waals surface area contributed by atoms with E-state index in [9.17, 15) is 8.42 Å². The molecule has 8 heteroatoms.